The highest BCUT2D eigenvalue weighted by Crippen LogP contribution is 2.24. The molecule has 0 N–H and O–H groups in total. The summed E-state index contributed by atoms with van der Waals surface area (Å²) in [4.78, 5) is 11.4. The molecule has 1 atom stereocenters. The molecular weight excluding hydrogens is 246 g/mol. The van der Waals surface area contributed by atoms with E-state index in [1.165, 1.54) is 25.7 Å². The molecule has 0 saturated carbocycles. The SMILES string of the molecule is CCCc1nc(Cl)cc(N2CCCCCC2C)n1. The fraction of sp³-hybridized carbons (Fsp3) is 0.714. The standard InChI is InChI=1S/C14H22ClN3/c1-3-7-13-16-12(15)10-14(17-13)18-9-6-4-5-8-11(18)2/h10-11H,3-9H2,1-2H3. The lowest BCUT2D eigenvalue weighted by Gasteiger charge is -2.28. The van der Waals surface area contributed by atoms with E-state index < -0.39 is 0 Å². The number of halogens is 1. The predicted molar refractivity (Wildman–Crippen MR) is 76.3 cm³/mol. The van der Waals surface area contributed by atoms with Crippen LogP contribution in [-0.2, 0) is 6.42 Å². The summed E-state index contributed by atoms with van der Waals surface area (Å²) < 4.78 is 0. The van der Waals surface area contributed by atoms with Crippen LogP contribution < -0.4 is 4.90 Å². The van der Waals surface area contributed by atoms with Gasteiger partial charge in [-0.1, -0.05) is 31.4 Å². The Kier molecular flexibility index (Phi) is 4.81. The molecule has 0 amide bonds. The molecular formula is C14H22ClN3. The van der Waals surface area contributed by atoms with Gasteiger partial charge in [-0.05, 0) is 26.2 Å². The van der Waals surface area contributed by atoms with Gasteiger partial charge in [0.1, 0.15) is 16.8 Å². The fourth-order valence-corrected chi connectivity index (χ4v) is 2.74. The zero-order valence-electron chi connectivity index (χ0n) is 11.3. The quantitative estimate of drug-likeness (QED) is 0.779. The van der Waals surface area contributed by atoms with Gasteiger partial charge < -0.3 is 4.90 Å². The summed E-state index contributed by atoms with van der Waals surface area (Å²) in [5, 5.41) is 0.569. The van der Waals surface area contributed by atoms with Crippen molar-refractivity contribution in [2.24, 2.45) is 0 Å². The number of aromatic nitrogens is 2. The van der Waals surface area contributed by atoms with Gasteiger partial charge in [-0.2, -0.15) is 0 Å². The van der Waals surface area contributed by atoms with Crippen molar-refractivity contribution < 1.29 is 0 Å². The molecule has 0 aromatic carbocycles. The van der Waals surface area contributed by atoms with E-state index in [-0.39, 0.29) is 0 Å². The molecule has 1 aromatic heterocycles. The third-order valence-electron chi connectivity index (χ3n) is 3.55. The number of hydrogen-bond donors (Lipinski definition) is 0. The summed E-state index contributed by atoms with van der Waals surface area (Å²) in [6.07, 6.45) is 7.07. The molecule has 0 spiro atoms. The summed E-state index contributed by atoms with van der Waals surface area (Å²) >= 11 is 6.12. The molecule has 1 aromatic rings. The maximum atomic E-state index is 6.12. The van der Waals surface area contributed by atoms with Gasteiger partial charge in [-0.15, -0.1) is 0 Å². The molecule has 1 unspecified atom stereocenters. The highest BCUT2D eigenvalue weighted by atomic mass is 35.5. The van der Waals surface area contributed by atoms with Crippen LogP contribution in [0.3, 0.4) is 0 Å². The van der Waals surface area contributed by atoms with Gasteiger partial charge in [-0.3, -0.25) is 0 Å². The van der Waals surface area contributed by atoms with Crippen LogP contribution in [0.25, 0.3) is 0 Å². The topological polar surface area (TPSA) is 29.0 Å². The number of anilines is 1. The third kappa shape index (κ3) is 3.35. The number of hydrogen-bond acceptors (Lipinski definition) is 3. The maximum Gasteiger partial charge on any atom is 0.134 e. The Morgan fingerprint density at radius 2 is 2.17 bits per heavy atom. The van der Waals surface area contributed by atoms with Crippen molar-refractivity contribution in [3.05, 3.63) is 17.0 Å². The van der Waals surface area contributed by atoms with Crippen LogP contribution >= 0.6 is 11.6 Å². The average molecular weight is 268 g/mol. The molecule has 2 rings (SSSR count). The van der Waals surface area contributed by atoms with Crippen molar-refractivity contribution in [3.8, 4) is 0 Å². The normalized spacial score (nSPS) is 20.8. The molecule has 2 heterocycles. The van der Waals surface area contributed by atoms with Gasteiger partial charge in [0.25, 0.3) is 0 Å². The zero-order chi connectivity index (χ0) is 13.0. The van der Waals surface area contributed by atoms with Crippen LogP contribution in [0.4, 0.5) is 5.82 Å². The van der Waals surface area contributed by atoms with Gasteiger partial charge in [0.2, 0.25) is 0 Å². The highest BCUT2D eigenvalue weighted by molar-refractivity contribution is 6.29. The Morgan fingerprint density at radius 3 is 2.94 bits per heavy atom. The molecule has 1 aliphatic rings. The third-order valence-corrected chi connectivity index (χ3v) is 3.74. The Bertz CT molecular complexity index is 395. The second-order valence-corrected chi connectivity index (χ2v) is 5.49. The summed E-state index contributed by atoms with van der Waals surface area (Å²) in [7, 11) is 0. The van der Waals surface area contributed by atoms with E-state index in [4.69, 9.17) is 11.6 Å². The summed E-state index contributed by atoms with van der Waals surface area (Å²) in [6.45, 7) is 5.50. The molecule has 0 radical (unpaired) electrons. The van der Waals surface area contributed by atoms with Crippen molar-refractivity contribution in [2.45, 2.75) is 58.4 Å². The van der Waals surface area contributed by atoms with Crippen molar-refractivity contribution in [3.63, 3.8) is 0 Å². The largest absolute Gasteiger partial charge is 0.354 e. The van der Waals surface area contributed by atoms with E-state index >= 15 is 0 Å². The van der Waals surface area contributed by atoms with E-state index in [0.29, 0.717) is 11.2 Å². The minimum absolute atomic E-state index is 0.549. The Hall–Kier alpha value is -0.830. The molecule has 0 aliphatic carbocycles. The fourth-order valence-electron chi connectivity index (χ4n) is 2.55. The van der Waals surface area contributed by atoms with Gasteiger partial charge in [0, 0.05) is 25.1 Å². The van der Waals surface area contributed by atoms with Crippen LogP contribution in [0.1, 0.15) is 51.8 Å². The Labute approximate surface area is 115 Å². The van der Waals surface area contributed by atoms with Crippen molar-refractivity contribution in [2.75, 3.05) is 11.4 Å². The first-order valence-corrected chi connectivity index (χ1v) is 7.38. The predicted octanol–water partition coefficient (Wildman–Crippen LogP) is 3.85. The van der Waals surface area contributed by atoms with Crippen LogP contribution in [0, 0.1) is 0 Å². The molecule has 1 aliphatic heterocycles. The highest BCUT2D eigenvalue weighted by Gasteiger charge is 2.19. The molecule has 100 valence electrons. The van der Waals surface area contributed by atoms with Crippen LogP contribution in [0.5, 0.6) is 0 Å². The van der Waals surface area contributed by atoms with Gasteiger partial charge in [0.05, 0.1) is 0 Å². The Morgan fingerprint density at radius 1 is 1.33 bits per heavy atom. The monoisotopic (exact) mass is 267 g/mol. The van der Waals surface area contributed by atoms with E-state index in [1.807, 2.05) is 6.07 Å². The van der Waals surface area contributed by atoms with E-state index in [1.54, 1.807) is 0 Å². The second-order valence-electron chi connectivity index (χ2n) is 5.11. The van der Waals surface area contributed by atoms with Crippen molar-refractivity contribution in [1.29, 1.82) is 0 Å². The smallest absolute Gasteiger partial charge is 0.134 e. The van der Waals surface area contributed by atoms with Gasteiger partial charge >= 0.3 is 0 Å². The average Bonchev–Trinajstić information content (AvgIpc) is 2.53. The summed E-state index contributed by atoms with van der Waals surface area (Å²) in [5.74, 6) is 1.88. The minimum atomic E-state index is 0.549. The summed E-state index contributed by atoms with van der Waals surface area (Å²) in [5.41, 5.74) is 0. The molecule has 1 saturated heterocycles. The lowest BCUT2D eigenvalue weighted by atomic mass is 10.1. The number of nitrogens with zero attached hydrogens (tertiary/aromatic N) is 3. The molecule has 1 fully saturated rings. The van der Waals surface area contributed by atoms with Crippen molar-refractivity contribution >= 4 is 17.4 Å². The minimum Gasteiger partial charge on any atom is -0.354 e. The maximum absolute atomic E-state index is 6.12. The van der Waals surface area contributed by atoms with E-state index in [0.717, 1.165) is 31.0 Å². The van der Waals surface area contributed by atoms with Crippen molar-refractivity contribution in [1.82, 2.24) is 9.97 Å². The van der Waals surface area contributed by atoms with Crippen LogP contribution in [0.15, 0.2) is 6.07 Å². The molecule has 3 nitrogen and oxygen atoms in total. The lowest BCUT2D eigenvalue weighted by Crippen LogP contribution is -2.33. The Balaban J connectivity index is 2.24. The van der Waals surface area contributed by atoms with Crippen LogP contribution in [-0.4, -0.2) is 22.6 Å². The molecule has 0 bridgehead atoms. The van der Waals surface area contributed by atoms with Gasteiger partial charge in [-0.25, -0.2) is 9.97 Å². The first-order chi connectivity index (χ1) is 8.70. The second kappa shape index (κ2) is 6.37. The molecule has 4 heteroatoms. The van der Waals surface area contributed by atoms with E-state index in [2.05, 4.69) is 28.7 Å². The molecule has 18 heavy (non-hydrogen) atoms. The first kappa shape index (κ1) is 13.6. The zero-order valence-corrected chi connectivity index (χ0v) is 12.1. The number of rotatable bonds is 3. The van der Waals surface area contributed by atoms with Crippen LogP contribution in [0.2, 0.25) is 5.15 Å². The number of aryl methyl sites for hydroxylation is 1. The van der Waals surface area contributed by atoms with E-state index in [9.17, 15) is 0 Å². The van der Waals surface area contributed by atoms with Gasteiger partial charge in [0.15, 0.2) is 0 Å². The lowest BCUT2D eigenvalue weighted by molar-refractivity contribution is 0.609. The first-order valence-electron chi connectivity index (χ1n) is 7.01. The summed E-state index contributed by atoms with van der Waals surface area (Å²) in [6, 6.07) is 2.45.